The summed E-state index contributed by atoms with van der Waals surface area (Å²) in [4.78, 5) is 11.9. The first-order valence-corrected chi connectivity index (χ1v) is 5.69. The molecule has 1 unspecified atom stereocenters. The van der Waals surface area contributed by atoms with Crippen LogP contribution in [0.15, 0.2) is 18.2 Å². The molecule has 1 aromatic carbocycles. The molecule has 90 valence electrons. The smallest absolute Gasteiger partial charge is 0.251 e. The fraction of sp³-hybridized carbons (Fsp3) is 0.357. The number of terminal acetylenes is 1. The number of nitrogens with one attached hydrogen (secondary N) is 1. The van der Waals surface area contributed by atoms with Crippen molar-refractivity contribution in [1.82, 2.24) is 5.32 Å². The molecule has 0 bridgehead atoms. The van der Waals surface area contributed by atoms with Gasteiger partial charge >= 0.3 is 0 Å². The van der Waals surface area contributed by atoms with E-state index in [1.807, 2.05) is 13.8 Å². The third-order valence-corrected chi connectivity index (χ3v) is 2.72. The van der Waals surface area contributed by atoms with Crippen LogP contribution in [0.1, 0.15) is 35.7 Å². The molecule has 1 aromatic rings. The second-order valence-corrected chi connectivity index (χ2v) is 4.06. The van der Waals surface area contributed by atoms with Crippen LogP contribution in [0.4, 0.5) is 5.69 Å². The summed E-state index contributed by atoms with van der Waals surface area (Å²) in [6.45, 7) is 3.88. The molecule has 3 N–H and O–H groups in total. The summed E-state index contributed by atoms with van der Waals surface area (Å²) in [5.41, 5.74) is 7.92. The van der Waals surface area contributed by atoms with Gasteiger partial charge < -0.3 is 11.1 Å². The van der Waals surface area contributed by atoms with Gasteiger partial charge in [0.25, 0.3) is 5.91 Å². The quantitative estimate of drug-likeness (QED) is 0.615. The number of benzene rings is 1. The number of aryl methyl sites for hydroxylation is 1. The van der Waals surface area contributed by atoms with E-state index in [-0.39, 0.29) is 11.9 Å². The Balaban J connectivity index is 2.76. The van der Waals surface area contributed by atoms with Crippen molar-refractivity contribution in [2.75, 3.05) is 5.73 Å². The van der Waals surface area contributed by atoms with Crippen LogP contribution in [0.3, 0.4) is 0 Å². The molecule has 1 atom stereocenters. The Kier molecular flexibility index (Phi) is 4.59. The summed E-state index contributed by atoms with van der Waals surface area (Å²) < 4.78 is 0. The number of nitrogens with two attached hydrogens (primary N) is 1. The van der Waals surface area contributed by atoms with E-state index in [2.05, 4.69) is 11.2 Å². The Bertz CT molecular complexity index is 446. The van der Waals surface area contributed by atoms with Gasteiger partial charge in [-0.3, -0.25) is 4.79 Å². The molecule has 0 spiro atoms. The van der Waals surface area contributed by atoms with Gasteiger partial charge in [-0.1, -0.05) is 6.92 Å². The van der Waals surface area contributed by atoms with E-state index in [1.165, 1.54) is 0 Å². The topological polar surface area (TPSA) is 55.1 Å². The van der Waals surface area contributed by atoms with Crippen molar-refractivity contribution in [3.63, 3.8) is 0 Å². The zero-order valence-corrected chi connectivity index (χ0v) is 10.3. The summed E-state index contributed by atoms with van der Waals surface area (Å²) in [6.07, 6.45) is 6.62. The molecule has 0 saturated carbocycles. The predicted molar refractivity (Wildman–Crippen MR) is 70.6 cm³/mol. The fourth-order valence-electron chi connectivity index (χ4n) is 1.53. The lowest BCUT2D eigenvalue weighted by atomic mass is 10.1. The van der Waals surface area contributed by atoms with Crippen molar-refractivity contribution in [2.24, 2.45) is 0 Å². The molecule has 17 heavy (non-hydrogen) atoms. The average molecular weight is 230 g/mol. The fourth-order valence-corrected chi connectivity index (χ4v) is 1.53. The molecule has 0 aliphatic carbocycles. The van der Waals surface area contributed by atoms with Crippen LogP contribution in [0.5, 0.6) is 0 Å². The molecular formula is C14H18N2O. The van der Waals surface area contributed by atoms with Crippen LogP contribution in [0, 0.1) is 19.3 Å². The first kappa shape index (κ1) is 13.1. The minimum atomic E-state index is -0.102. The SMILES string of the molecule is C#CCC(CC)NC(=O)c1ccc(N)c(C)c1. The molecule has 3 heteroatoms. The Hall–Kier alpha value is -1.95. The van der Waals surface area contributed by atoms with Crippen molar-refractivity contribution in [2.45, 2.75) is 32.7 Å². The number of amides is 1. The Morgan fingerprint density at radius 1 is 1.59 bits per heavy atom. The van der Waals surface area contributed by atoms with Crippen molar-refractivity contribution in [3.05, 3.63) is 29.3 Å². The van der Waals surface area contributed by atoms with Gasteiger partial charge in [-0.05, 0) is 37.1 Å². The summed E-state index contributed by atoms with van der Waals surface area (Å²) >= 11 is 0. The Labute approximate surface area is 102 Å². The molecule has 0 radical (unpaired) electrons. The van der Waals surface area contributed by atoms with Crippen LogP contribution in [0.2, 0.25) is 0 Å². The number of carbonyl (C=O) groups is 1. The Morgan fingerprint density at radius 2 is 2.29 bits per heavy atom. The summed E-state index contributed by atoms with van der Waals surface area (Å²) in [5, 5.41) is 2.91. The maximum atomic E-state index is 11.9. The van der Waals surface area contributed by atoms with Crippen LogP contribution in [-0.2, 0) is 0 Å². The highest BCUT2D eigenvalue weighted by Crippen LogP contribution is 2.13. The molecule has 0 aliphatic heterocycles. The first-order valence-electron chi connectivity index (χ1n) is 5.69. The molecule has 3 nitrogen and oxygen atoms in total. The monoisotopic (exact) mass is 230 g/mol. The zero-order chi connectivity index (χ0) is 12.8. The van der Waals surface area contributed by atoms with Crippen molar-refractivity contribution >= 4 is 11.6 Å². The summed E-state index contributed by atoms with van der Waals surface area (Å²) in [7, 11) is 0. The van der Waals surface area contributed by atoms with E-state index in [0.29, 0.717) is 17.7 Å². The van der Waals surface area contributed by atoms with E-state index in [1.54, 1.807) is 18.2 Å². The van der Waals surface area contributed by atoms with Crippen molar-refractivity contribution < 1.29 is 4.79 Å². The third kappa shape index (κ3) is 3.53. The summed E-state index contributed by atoms with van der Waals surface area (Å²) in [5.74, 6) is 2.46. The molecule has 0 fully saturated rings. The normalized spacial score (nSPS) is 11.6. The average Bonchev–Trinajstić information content (AvgIpc) is 2.31. The molecule has 0 aromatic heterocycles. The zero-order valence-electron chi connectivity index (χ0n) is 10.3. The molecule has 0 aliphatic rings. The van der Waals surface area contributed by atoms with E-state index < -0.39 is 0 Å². The van der Waals surface area contributed by atoms with Crippen LogP contribution in [-0.4, -0.2) is 11.9 Å². The van der Waals surface area contributed by atoms with E-state index in [0.717, 1.165) is 12.0 Å². The minimum Gasteiger partial charge on any atom is -0.399 e. The predicted octanol–water partition coefficient (Wildman–Crippen LogP) is 2.11. The lowest BCUT2D eigenvalue weighted by Crippen LogP contribution is -2.34. The lowest BCUT2D eigenvalue weighted by molar-refractivity contribution is 0.0936. The maximum Gasteiger partial charge on any atom is 0.251 e. The molecule has 0 saturated heterocycles. The molecule has 1 amide bonds. The number of hydrogen-bond acceptors (Lipinski definition) is 2. The highest BCUT2D eigenvalue weighted by molar-refractivity contribution is 5.95. The van der Waals surface area contributed by atoms with E-state index >= 15 is 0 Å². The molecule has 0 heterocycles. The minimum absolute atomic E-state index is 0.0327. The Morgan fingerprint density at radius 3 is 2.82 bits per heavy atom. The second-order valence-electron chi connectivity index (χ2n) is 4.06. The number of nitrogen functional groups attached to an aromatic ring is 1. The molecule has 1 rings (SSSR count). The summed E-state index contributed by atoms with van der Waals surface area (Å²) in [6, 6.07) is 5.28. The van der Waals surface area contributed by atoms with Gasteiger partial charge in [0.1, 0.15) is 0 Å². The number of hydrogen-bond donors (Lipinski definition) is 2. The van der Waals surface area contributed by atoms with E-state index in [9.17, 15) is 4.79 Å². The van der Waals surface area contributed by atoms with Crippen LogP contribution in [0.25, 0.3) is 0 Å². The van der Waals surface area contributed by atoms with Gasteiger partial charge in [-0.25, -0.2) is 0 Å². The number of anilines is 1. The standard InChI is InChI=1S/C14H18N2O/c1-4-6-12(5-2)16-14(17)11-7-8-13(15)10(3)9-11/h1,7-9,12H,5-6,15H2,2-3H3,(H,16,17). The second kappa shape index (κ2) is 5.95. The maximum absolute atomic E-state index is 11.9. The van der Waals surface area contributed by atoms with Crippen LogP contribution < -0.4 is 11.1 Å². The highest BCUT2D eigenvalue weighted by Gasteiger charge is 2.11. The van der Waals surface area contributed by atoms with Gasteiger partial charge in [0.15, 0.2) is 0 Å². The van der Waals surface area contributed by atoms with Gasteiger partial charge in [0.2, 0.25) is 0 Å². The van der Waals surface area contributed by atoms with Gasteiger partial charge in [0, 0.05) is 23.7 Å². The first-order chi connectivity index (χ1) is 8.08. The van der Waals surface area contributed by atoms with E-state index in [4.69, 9.17) is 12.2 Å². The number of carbonyl (C=O) groups excluding carboxylic acids is 1. The van der Waals surface area contributed by atoms with Crippen molar-refractivity contribution in [1.29, 1.82) is 0 Å². The van der Waals surface area contributed by atoms with Gasteiger partial charge in [-0.2, -0.15) is 0 Å². The highest BCUT2D eigenvalue weighted by atomic mass is 16.1. The van der Waals surface area contributed by atoms with Crippen LogP contribution >= 0.6 is 0 Å². The number of rotatable bonds is 4. The third-order valence-electron chi connectivity index (χ3n) is 2.72. The van der Waals surface area contributed by atoms with Gasteiger partial charge in [-0.15, -0.1) is 12.3 Å². The largest absolute Gasteiger partial charge is 0.399 e. The van der Waals surface area contributed by atoms with Crippen molar-refractivity contribution in [3.8, 4) is 12.3 Å². The molecular weight excluding hydrogens is 212 g/mol. The van der Waals surface area contributed by atoms with Gasteiger partial charge in [0.05, 0.1) is 0 Å². The lowest BCUT2D eigenvalue weighted by Gasteiger charge is -2.14.